The zero-order chi connectivity index (χ0) is 38.7. The van der Waals surface area contributed by atoms with Gasteiger partial charge >= 0.3 is 12.2 Å². The quantitative estimate of drug-likeness (QED) is 0.0894. The molecule has 52 heavy (non-hydrogen) atoms. The van der Waals surface area contributed by atoms with Crippen molar-refractivity contribution >= 4 is 30.3 Å². The van der Waals surface area contributed by atoms with Crippen LogP contribution in [0.15, 0.2) is 60.7 Å². The van der Waals surface area contributed by atoms with Crippen LogP contribution in [0.2, 0.25) is 0 Å². The number of hydrogen-bond donors (Lipinski definition) is 5. The number of carbonyl (C=O) groups is 5. The summed E-state index contributed by atoms with van der Waals surface area (Å²) in [5, 5.41) is 20.2. The van der Waals surface area contributed by atoms with Gasteiger partial charge in [-0.25, -0.2) is 9.59 Å². The zero-order valence-electron chi connectivity index (χ0n) is 31.9. The third-order valence-electron chi connectivity index (χ3n) is 7.89. The van der Waals surface area contributed by atoms with Gasteiger partial charge in [-0.15, -0.1) is 0 Å². The number of unbranched alkanes of at least 4 members (excludes halogenated alkanes) is 2. The van der Waals surface area contributed by atoms with Crippen LogP contribution in [-0.2, 0) is 37.1 Å². The molecule has 0 aliphatic carbocycles. The zero-order valence-corrected chi connectivity index (χ0v) is 31.9. The number of amides is 4. The van der Waals surface area contributed by atoms with Crippen molar-refractivity contribution in [1.82, 2.24) is 21.3 Å². The van der Waals surface area contributed by atoms with E-state index in [1.807, 2.05) is 95.3 Å². The smallest absolute Gasteiger partial charge is 0.408 e. The largest absolute Gasteiger partial charge is 0.445 e. The van der Waals surface area contributed by atoms with E-state index in [0.29, 0.717) is 25.7 Å². The lowest BCUT2D eigenvalue weighted by Crippen LogP contribution is -2.51. The minimum atomic E-state index is -0.734. The van der Waals surface area contributed by atoms with Crippen LogP contribution in [0.1, 0.15) is 104 Å². The molecule has 4 atom stereocenters. The summed E-state index contributed by atoms with van der Waals surface area (Å²) in [4.78, 5) is 60.3. The van der Waals surface area contributed by atoms with E-state index in [9.17, 15) is 29.1 Å². The van der Waals surface area contributed by atoms with Gasteiger partial charge in [-0.1, -0.05) is 128 Å². The van der Waals surface area contributed by atoms with Crippen molar-refractivity contribution in [1.29, 1.82) is 0 Å². The minimum Gasteiger partial charge on any atom is -0.445 e. The van der Waals surface area contributed by atoms with Gasteiger partial charge in [-0.2, -0.15) is 0 Å². The van der Waals surface area contributed by atoms with Gasteiger partial charge in [-0.05, 0) is 48.6 Å². The number of ether oxygens (including phenoxy) is 2. The number of benzene rings is 2. The summed E-state index contributed by atoms with van der Waals surface area (Å²) in [6.45, 7) is 12.2. The number of rotatable bonds is 22. The van der Waals surface area contributed by atoms with Gasteiger partial charge in [-0.3, -0.25) is 9.59 Å². The Bertz CT molecular complexity index is 1290. The van der Waals surface area contributed by atoms with Gasteiger partial charge in [0.1, 0.15) is 31.6 Å². The van der Waals surface area contributed by atoms with E-state index in [2.05, 4.69) is 28.2 Å². The third kappa shape index (κ3) is 21.0. The average Bonchev–Trinajstić information content (AvgIpc) is 3.13. The Hall–Kier alpha value is -4.45. The van der Waals surface area contributed by atoms with Gasteiger partial charge in [0.05, 0.1) is 18.7 Å². The first-order valence-electron chi connectivity index (χ1n) is 18.5. The van der Waals surface area contributed by atoms with E-state index in [4.69, 9.17) is 9.47 Å². The van der Waals surface area contributed by atoms with Crippen molar-refractivity contribution in [3.63, 3.8) is 0 Å². The fraction of sp³-hybridized carbons (Fsp3) is 0.575. The van der Waals surface area contributed by atoms with E-state index in [-0.39, 0.29) is 49.5 Å². The standard InChI is InChI=1S/C20H32N2O4.C20H30N2O4/c2*1-4-5-11-17(13-23)21-19(24)18(12-15(2)3)22-20(25)26-14-16-9-7-6-8-10-16/h6-10,15,17-18,23H,4-5,11-14H2,1-3H3,(H,21,24)(H,22,25);6-10,13,15,17-18H,4-5,11-12,14H2,1-3H3,(H,21,24)(H,22,25)/t2*17-,18-/m00/s1. The molecule has 0 fully saturated rings. The molecule has 12 nitrogen and oxygen atoms in total. The molecule has 290 valence electrons. The van der Waals surface area contributed by atoms with Crippen LogP contribution in [0.4, 0.5) is 9.59 Å². The SMILES string of the molecule is CCCC[C@@H](C=O)NC(=O)[C@H](CC(C)C)NC(=O)OCc1ccccc1.CCCC[C@@H](CO)NC(=O)[C@H](CC(C)C)NC(=O)OCc1ccccc1. The van der Waals surface area contributed by atoms with Gasteiger partial charge < -0.3 is 40.6 Å². The molecule has 0 spiro atoms. The Kier molecular flexibility index (Phi) is 23.9. The first-order valence-corrected chi connectivity index (χ1v) is 18.5. The third-order valence-corrected chi connectivity index (χ3v) is 7.89. The maximum Gasteiger partial charge on any atom is 0.408 e. The maximum absolute atomic E-state index is 12.5. The number of aldehydes is 1. The molecule has 0 saturated heterocycles. The fourth-order valence-electron chi connectivity index (χ4n) is 5.06. The molecular formula is C40H62N4O8. The van der Waals surface area contributed by atoms with E-state index in [1.54, 1.807) is 0 Å². The summed E-state index contributed by atoms with van der Waals surface area (Å²) in [7, 11) is 0. The highest BCUT2D eigenvalue weighted by Gasteiger charge is 2.26. The molecule has 0 bridgehead atoms. The summed E-state index contributed by atoms with van der Waals surface area (Å²) < 4.78 is 10.4. The van der Waals surface area contributed by atoms with Crippen molar-refractivity contribution in [2.75, 3.05) is 6.61 Å². The lowest BCUT2D eigenvalue weighted by Gasteiger charge is -2.23. The molecule has 2 aromatic carbocycles. The summed E-state index contributed by atoms with van der Waals surface area (Å²) in [6.07, 6.45) is 5.46. The molecule has 0 aromatic heterocycles. The van der Waals surface area contributed by atoms with Crippen LogP contribution in [0.5, 0.6) is 0 Å². The number of nitrogens with one attached hydrogen (secondary N) is 4. The Balaban J connectivity index is 0.000000520. The molecule has 5 N–H and O–H groups in total. The first kappa shape index (κ1) is 45.6. The van der Waals surface area contributed by atoms with Crippen LogP contribution in [-0.4, -0.2) is 66.2 Å². The predicted octanol–water partition coefficient (Wildman–Crippen LogP) is 6.20. The Morgan fingerprint density at radius 3 is 1.46 bits per heavy atom. The maximum atomic E-state index is 12.5. The van der Waals surface area contributed by atoms with E-state index >= 15 is 0 Å². The van der Waals surface area contributed by atoms with Crippen LogP contribution in [0.3, 0.4) is 0 Å². The Morgan fingerprint density at radius 1 is 0.654 bits per heavy atom. The van der Waals surface area contributed by atoms with Crippen molar-refractivity contribution < 1.29 is 38.6 Å². The van der Waals surface area contributed by atoms with E-state index in [1.165, 1.54) is 0 Å². The first-order chi connectivity index (χ1) is 24.9. The van der Waals surface area contributed by atoms with Gasteiger partial charge in [0.25, 0.3) is 0 Å². The van der Waals surface area contributed by atoms with Crippen LogP contribution >= 0.6 is 0 Å². The monoisotopic (exact) mass is 726 g/mol. The molecule has 0 heterocycles. The number of aliphatic hydroxyl groups excluding tert-OH is 1. The van der Waals surface area contributed by atoms with Crippen molar-refractivity contribution in [2.45, 2.75) is 130 Å². The van der Waals surface area contributed by atoms with E-state index in [0.717, 1.165) is 43.1 Å². The summed E-state index contributed by atoms with van der Waals surface area (Å²) >= 11 is 0. The van der Waals surface area contributed by atoms with Crippen LogP contribution < -0.4 is 21.3 Å². The van der Waals surface area contributed by atoms with E-state index < -0.39 is 30.3 Å². The number of hydrogen-bond acceptors (Lipinski definition) is 8. The van der Waals surface area contributed by atoms with Crippen molar-refractivity contribution in [2.24, 2.45) is 11.8 Å². The van der Waals surface area contributed by atoms with Gasteiger partial charge in [0, 0.05) is 0 Å². The fourth-order valence-corrected chi connectivity index (χ4v) is 5.06. The number of carbonyl (C=O) groups excluding carboxylic acids is 5. The topological polar surface area (TPSA) is 172 Å². The molecule has 2 rings (SSSR count). The molecule has 0 saturated carbocycles. The molecular weight excluding hydrogens is 664 g/mol. The van der Waals surface area contributed by atoms with Crippen LogP contribution in [0, 0.1) is 11.8 Å². The van der Waals surface area contributed by atoms with Crippen molar-refractivity contribution in [3.05, 3.63) is 71.8 Å². The average molecular weight is 727 g/mol. The minimum absolute atomic E-state index is 0.113. The predicted molar refractivity (Wildman–Crippen MR) is 202 cm³/mol. The number of alkyl carbamates (subject to hydrolysis) is 2. The van der Waals surface area contributed by atoms with Crippen molar-refractivity contribution in [3.8, 4) is 0 Å². The molecule has 0 aliphatic rings. The molecule has 12 heteroatoms. The molecule has 0 aliphatic heterocycles. The highest BCUT2D eigenvalue weighted by atomic mass is 16.6. The molecule has 0 radical (unpaired) electrons. The second-order valence-electron chi connectivity index (χ2n) is 13.7. The molecule has 4 amide bonds. The lowest BCUT2D eigenvalue weighted by molar-refractivity contribution is -0.126. The number of aliphatic hydroxyl groups is 1. The summed E-state index contributed by atoms with van der Waals surface area (Å²) in [5.41, 5.74) is 1.75. The van der Waals surface area contributed by atoms with Crippen LogP contribution in [0.25, 0.3) is 0 Å². The normalized spacial score (nSPS) is 13.0. The molecule has 0 unspecified atom stereocenters. The highest BCUT2D eigenvalue weighted by Crippen LogP contribution is 2.10. The summed E-state index contributed by atoms with van der Waals surface area (Å²) in [5.74, 6) is -0.219. The summed E-state index contributed by atoms with van der Waals surface area (Å²) in [6, 6.07) is 16.4. The lowest BCUT2D eigenvalue weighted by atomic mass is 10.0. The van der Waals surface area contributed by atoms with Gasteiger partial charge in [0.2, 0.25) is 11.8 Å². The van der Waals surface area contributed by atoms with Gasteiger partial charge in [0.15, 0.2) is 0 Å². The Labute approximate surface area is 310 Å². The Morgan fingerprint density at radius 2 is 1.08 bits per heavy atom. The second kappa shape index (κ2) is 27.2. The molecule has 2 aromatic rings. The highest BCUT2D eigenvalue weighted by molar-refractivity contribution is 5.87. The second-order valence-corrected chi connectivity index (χ2v) is 13.7.